The molecule has 0 unspecified atom stereocenters. The van der Waals surface area contributed by atoms with E-state index in [9.17, 15) is 4.79 Å². The van der Waals surface area contributed by atoms with Crippen LogP contribution in [-0.2, 0) is 4.79 Å². The van der Waals surface area contributed by atoms with Crippen molar-refractivity contribution in [1.29, 1.82) is 0 Å². The van der Waals surface area contributed by atoms with Crippen LogP contribution in [0.2, 0.25) is 0 Å². The lowest BCUT2D eigenvalue weighted by Gasteiger charge is -2.41. The lowest BCUT2D eigenvalue weighted by Crippen LogP contribution is -2.57. The predicted octanol–water partition coefficient (Wildman–Crippen LogP) is 0.751. The van der Waals surface area contributed by atoms with Crippen LogP contribution in [0.25, 0.3) is 0 Å². The van der Waals surface area contributed by atoms with Gasteiger partial charge in [0.05, 0.1) is 6.54 Å². The minimum Gasteiger partial charge on any atom is -0.335 e. The van der Waals surface area contributed by atoms with E-state index < -0.39 is 0 Å². The van der Waals surface area contributed by atoms with Crippen molar-refractivity contribution in [2.45, 2.75) is 38.1 Å². The molecule has 1 heterocycles. The van der Waals surface area contributed by atoms with Crippen LogP contribution >= 0.6 is 0 Å². The molecule has 1 N–H and O–H groups in total. The molecule has 2 fully saturated rings. The molecular weight excluding hydrogens is 164 g/mol. The number of carbonyl (C=O) groups is 1. The molecule has 0 aromatic carbocycles. The Morgan fingerprint density at radius 2 is 2.08 bits per heavy atom. The van der Waals surface area contributed by atoms with Gasteiger partial charge in [-0.3, -0.25) is 4.79 Å². The van der Waals surface area contributed by atoms with Gasteiger partial charge >= 0.3 is 0 Å². The molecule has 1 amide bonds. The maximum absolute atomic E-state index is 11.6. The van der Waals surface area contributed by atoms with Gasteiger partial charge in [-0.1, -0.05) is 12.8 Å². The average Bonchev–Trinajstić information content (AvgIpc) is 2.54. The van der Waals surface area contributed by atoms with Gasteiger partial charge in [0.1, 0.15) is 0 Å². The highest BCUT2D eigenvalue weighted by Gasteiger charge is 2.38. The topological polar surface area (TPSA) is 32.3 Å². The summed E-state index contributed by atoms with van der Waals surface area (Å²) in [6.07, 6.45) is 4.96. The van der Waals surface area contributed by atoms with Crippen molar-refractivity contribution in [3.05, 3.63) is 0 Å². The summed E-state index contributed by atoms with van der Waals surface area (Å²) in [5, 5.41) is 3.11. The molecule has 2 rings (SSSR count). The predicted molar refractivity (Wildman–Crippen MR) is 51.5 cm³/mol. The zero-order chi connectivity index (χ0) is 9.31. The maximum Gasteiger partial charge on any atom is 0.237 e. The van der Waals surface area contributed by atoms with Crippen molar-refractivity contribution in [2.24, 2.45) is 0 Å². The molecule has 1 saturated heterocycles. The maximum atomic E-state index is 11.6. The molecule has 0 spiro atoms. The van der Waals surface area contributed by atoms with E-state index in [0.717, 1.165) is 13.1 Å². The van der Waals surface area contributed by atoms with Gasteiger partial charge in [-0.25, -0.2) is 0 Å². The van der Waals surface area contributed by atoms with E-state index in [1.807, 2.05) is 0 Å². The third kappa shape index (κ3) is 1.57. The fourth-order valence-corrected chi connectivity index (χ4v) is 2.58. The van der Waals surface area contributed by atoms with Crippen molar-refractivity contribution in [3.63, 3.8) is 0 Å². The van der Waals surface area contributed by atoms with E-state index in [0.29, 0.717) is 6.54 Å². The fourth-order valence-electron chi connectivity index (χ4n) is 2.58. The smallest absolute Gasteiger partial charge is 0.237 e. The zero-order valence-electron chi connectivity index (χ0n) is 8.31. The molecule has 1 aliphatic heterocycles. The van der Waals surface area contributed by atoms with E-state index in [2.05, 4.69) is 17.1 Å². The third-order valence-electron chi connectivity index (χ3n) is 3.42. The van der Waals surface area contributed by atoms with Gasteiger partial charge in [0, 0.05) is 18.6 Å². The standard InChI is InChI=1S/C10H18N2O/c1-10(4-2-3-5-10)12-7-6-11-8-9(12)13/h11H,2-8H2,1H3. The van der Waals surface area contributed by atoms with Crippen molar-refractivity contribution < 1.29 is 4.79 Å². The van der Waals surface area contributed by atoms with Crippen LogP contribution in [0.4, 0.5) is 0 Å². The molecule has 1 saturated carbocycles. The van der Waals surface area contributed by atoms with Crippen LogP contribution in [0.1, 0.15) is 32.6 Å². The molecule has 3 heteroatoms. The number of hydrogen-bond donors (Lipinski definition) is 1. The van der Waals surface area contributed by atoms with Crippen molar-refractivity contribution >= 4 is 5.91 Å². The van der Waals surface area contributed by atoms with Crippen LogP contribution in [0.5, 0.6) is 0 Å². The van der Waals surface area contributed by atoms with Crippen LogP contribution in [0.15, 0.2) is 0 Å². The van der Waals surface area contributed by atoms with E-state index in [1.165, 1.54) is 25.7 Å². The fraction of sp³-hybridized carbons (Fsp3) is 0.900. The summed E-state index contributed by atoms with van der Waals surface area (Å²) in [5.74, 6) is 0.288. The largest absolute Gasteiger partial charge is 0.335 e. The number of nitrogens with one attached hydrogen (secondary N) is 1. The molecule has 1 aliphatic carbocycles. The second-order valence-corrected chi connectivity index (χ2v) is 4.43. The Balaban J connectivity index is 2.08. The van der Waals surface area contributed by atoms with Gasteiger partial charge in [0.15, 0.2) is 0 Å². The van der Waals surface area contributed by atoms with Gasteiger partial charge < -0.3 is 10.2 Å². The van der Waals surface area contributed by atoms with Crippen LogP contribution in [0, 0.1) is 0 Å². The SMILES string of the molecule is CC1(N2CCNCC2=O)CCCC1. The number of hydrogen-bond acceptors (Lipinski definition) is 2. The summed E-state index contributed by atoms with van der Waals surface area (Å²) in [6.45, 7) is 4.63. The zero-order valence-corrected chi connectivity index (χ0v) is 8.31. The minimum absolute atomic E-state index is 0.180. The first-order chi connectivity index (χ1) is 6.22. The Hall–Kier alpha value is -0.570. The number of rotatable bonds is 1. The lowest BCUT2D eigenvalue weighted by atomic mass is 9.97. The van der Waals surface area contributed by atoms with Crippen molar-refractivity contribution in [2.75, 3.05) is 19.6 Å². The second kappa shape index (κ2) is 3.29. The Morgan fingerprint density at radius 1 is 1.38 bits per heavy atom. The summed E-state index contributed by atoms with van der Waals surface area (Å²) in [6, 6.07) is 0. The molecule has 0 radical (unpaired) electrons. The van der Waals surface area contributed by atoms with Gasteiger partial charge in [-0.05, 0) is 19.8 Å². The normalized spacial score (nSPS) is 28.1. The van der Waals surface area contributed by atoms with Gasteiger partial charge in [0.25, 0.3) is 0 Å². The summed E-state index contributed by atoms with van der Waals surface area (Å²) in [7, 11) is 0. The summed E-state index contributed by atoms with van der Waals surface area (Å²) in [5.41, 5.74) is 0.180. The van der Waals surface area contributed by atoms with E-state index in [4.69, 9.17) is 0 Å². The monoisotopic (exact) mass is 182 g/mol. The molecule has 74 valence electrons. The summed E-state index contributed by atoms with van der Waals surface area (Å²) >= 11 is 0. The van der Waals surface area contributed by atoms with E-state index >= 15 is 0 Å². The highest BCUT2D eigenvalue weighted by atomic mass is 16.2. The van der Waals surface area contributed by atoms with Crippen LogP contribution in [0.3, 0.4) is 0 Å². The molecule has 3 nitrogen and oxygen atoms in total. The Kier molecular flexibility index (Phi) is 2.28. The van der Waals surface area contributed by atoms with Crippen molar-refractivity contribution in [3.8, 4) is 0 Å². The van der Waals surface area contributed by atoms with Crippen LogP contribution < -0.4 is 5.32 Å². The first-order valence-electron chi connectivity index (χ1n) is 5.24. The number of amides is 1. The Bertz CT molecular complexity index is 209. The molecule has 2 aliphatic rings. The molecule has 13 heavy (non-hydrogen) atoms. The third-order valence-corrected chi connectivity index (χ3v) is 3.42. The van der Waals surface area contributed by atoms with Gasteiger partial charge in [0.2, 0.25) is 5.91 Å². The molecular formula is C10H18N2O. The molecule has 0 bridgehead atoms. The van der Waals surface area contributed by atoms with Gasteiger partial charge in [-0.15, -0.1) is 0 Å². The van der Waals surface area contributed by atoms with Crippen molar-refractivity contribution in [1.82, 2.24) is 10.2 Å². The second-order valence-electron chi connectivity index (χ2n) is 4.43. The summed E-state index contributed by atoms with van der Waals surface area (Å²) < 4.78 is 0. The minimum atomic E-state index is 0.180. The number of carbonyl (C=O) groups excluding carboxylic acids is 1. The first kappa shape index (κ1) is 9.00. The molecule has 0 atom stereocenters. The first-order valence-corrected chi connectivity index (χ1v) is 5.24. The van der Waals surface area contributed by atoms with Gasteiger partial charge in [-0.2, -0.15) is 0 Å². The summed E-state index contributed by atoms with van der Waals surface area (Å²) in [4.78, 5) is 13.7. The average molecular weight is 182 g/mol. The Morgan fingerprint density at radius 3 is 2.69 bits per heavy atom. The quantitative estimate of drug-likeness (QED) is 0.649. The van der Waals surface area contributed by atoms with E-state index in [-0.39, 0.29) is 11.4 Å². The highest BCUT2D eigenvalue weighted by molar-refractivity contribution is 5.79. The number of piperazine rings is 1. The Labute approximate surface area is 79.5 Å². The van der Waals surface area contributed by atoms with Crippen LogP contribution in [-0.4, -0.2) is 36.0 Å². The lowest BCUT2D eigenvalue weighted by molar-refractivity contribution is -0.138. The molecule has 0 aromatic heterocycles. The molecule has 0 aromatic rings. The highest BCUT2D eigenvalue weighted by Crippen LogP contribution is 2.34. The van der Waals surface area contributed by atoms with E-state index in [1.54, 1.807) is 0 Å². The number of nitrogens with zero attached hydrogens (tertiary/aromatic N) is 1.